The van der Waals surface area contributed by atoms with E-state index in [1.807, 2.05) is 23.9 Å². The summed E-state index contributed by atoms with van der Waals surface area (Å²) in [5.41, 5.74) is 7.74. The van der Waals surface area contributed by atoms with Crippen LogP contribution in [0, 0.1) is 19.3 Å². The summed E-state index contributed by atoms with van der Waals surface area (Å²) in [7, 11) is 1.98. The van der Waals surface area contributed by atoms with E-state index in [0.717, 1.165) is 40.6 Å². The van der Waals surface area contributed by atoms with Crippen LogP contribution in [0.5, 0.6) is 0 Å². The predicted octanol–water partition coefficient (Wildman–Crippen LogP) is 6.11. The van der Waals surface area contributed by atoms with Crippen LogP contribution in [0.2, 0.25) is 0 Å². The Labute approximate surface area is 218 Å². The lowest BCUT2D eigenvalue weighted by molar-refractivity contribution is 0.296. The molecule has 0 radical (unpaired) electrons. The molecule has 0 saturated heterocycles. The molecule has 5 aromatic rings. The molecule has 0 aliphatic carbocycles. The topological polar surface area (TPSA) is 74.3 Å². The van der Waals surface area contributed by atoms with Crippen LogP contribution in [0.15, 0.2) is 73.4 Å². The van der Waals surface area contributed by atoms with E-state index in [-0.39, 0.29) is 11.3 Å². The normalized spacial score (nSPS) is 12.6. The van der Waals surface area contributed by atoms with Gasteiger partial charge in [-0.15, -0.1) is 20.4 Å². The minimum atomic E-state index is -0.110. The SMILES string of the molecule is Cc1cccc(C)c1-n1cnnc1-c1cccnc1CC(C)(C)[C@@H](C)c1ccccc1-c1nncn1C. The minimum Gasteiger partial charge on any atom is -0.317 e. The number of hydrogen-bond donors (Lipinski definition) is 0. The van der Waals surface area contributed by atoms with E-state index < -0.39 is 0 Å². The Morgan fingerprint density at radius 3 is 2.22 bits per heavy atom. The third-order valence-corrected chi connectivity index (χ3v) is 7.53. The van der Waals surface area contributed by atoms with E-state index >= 15 is 0 Å². The van der Waals surface area contributed by atoms with Crippen molar-refractivity contribution in [3.8, 4) is 28.5 Å². The van der Waals surface area contributed by atoms with E-state index in [4.69, 9.17) is 4.98 Å². The van der Waals surface area contributed by atoms with Gasteiger partial charge in [-0.2, -0.15) is 0 Å². The average molecular weight is 492 g/mol. The maximum Gasteiger partial charge on any atom is 0.170 e. The van der Waals surface area contributed by atoms with Gasteiger partial charge in [0.25, 0.3) is 0 Å². The number of rotatable bonds is 7. The van der Waals surface area contributed by atoms with Crippen molar-refractivity contribution >= 4 is 0 Å². The second-order valence-electron chi connectivity index (χ2n) is 10.5. The van der Waals surface area contributed by atoms with Gasteiger partial charge in [0, 0.05) is 24.4 Å². The molecule has 0 bridgehead atoms. The largest absolute Gasteiger partial charge is 0.317 e. The zero-order valence-corrected chi connectivity index (χ0v) is 22.3. The number of aryl methyl sites for hydroxylation is 3. The van der Waals surface area contributed by atoms with Crippen LogP contribution in [0.1, 0.15) is 49.1 Å². The molecule has 0 spiro atoms. The van der Waals surface area contributed by atoms with Gasteiger partial charge in [0.2, 0.25) is 0 Å². The minimum absolute atomic E-state index is 0.110. The first-order valence-electron chi connectivity index (χ1n) is 12.6. The molecule has 0 amide bonds. The monoisotopic (exact) mass is 491 g/mol. The Kier molecular flexibility index (Phi) is 6.46. The number of hydrogen-bond acceptors (Lipinski definition) is 5. The zero-order valence-electron chi connectivity index (χ0n) is 22.3. The lowest BCUT2D eigenvalue weighted by atomic mass is 9.71. The van der Waals surface area contributed by atoms with Crippen molar-refractivity contribution in [1.29, 1.82) is 0 Å². The molecular formula is C30H33N7. The Morgan fingerprint density at radius 2 is 1.49 bits per heavy atom. The first kappa shape index (κ1) is 24.6. The first-order valence-corrected chi connectivity index (χ1v) is 12.6. The van der Waals surface area contributed by atoms with E-state index in [1.165, 1.54) is 16.7 Å². The van der Waals surface area contributed by atoms with E-state index in [0.29, 0.717) is 0 Å². The molecular weight excluding hydrogens is 458 g/mol. The van der Waals surface area contributed by atoms with Gasteiger partial charge in [0.1, 0.15) is 12.7 Å². The molecule has 7 nitrogen and oxygen atoms in total. The van der Waals surface area contributed by atoms with Crippen LogP contribution in [0.3, 0.4) is 0 Å². The van der Waals surface area contributed by atoms with Gasteiger partial charge in [0.05, 0.1) is 11.4 Å². The van der Waals surface area contributed by atoms with E-state index in [2.05, 4.69) is 108 Å². The lowest BCUT2D eigenvalue weighted by Gasteiger charge is -2.33. The summed E-state index contributed by atoms with van der Waals surface area (Å²) in [5, 5.41) is 17.3. The lowest BCUT2D eigenvalue weighted by Crippen LogP contribution is -2.24. The van der Waals surface area contributed by atoms with Gasteiger partial charge < -0.3 is 4.57 Å². The van der Waals surface area contributed by atoms with Gasteiger partial charge in [0.15, 0.2) is 11.6 Å². The Balaban J connectivity index is 1.53. The van der Waals surface area contributed by atoms with Crippen LogP contribution in [-0.2, 0) is 13.5 Å². The summed E-state index contributed by atoms with van der Waals surface area (Å²) in [4.78, 5) is 4.85. The van der Waals surface area contributed by atoms with Crippen LogP contribution < -0.4 is 0 Å². The van der Waals surface area contributed by atoms with Crippen LogP contribution in [-0.4, -0.2) is 34.5 Å². The summed E-state index contributed by atoms with van der Waals surface area (Å²) >= 11 is 0. The molecule has 1 atom stereocenters. The van der Waals surface area contributed by atoms with Gasteiger partial charge >= 0.3 is 0 Å². The van der Waals surface area contributed by atoms with Gasteiger partial charge in [-0.3, -0.25) is 9.55 Å². The summed E-state index contributed by atoms with van der Waals surface area (Å²) < 4.78 is 4.06. The summed E-state index contributed by atoms with van der Waals surface area (Å²) in [6.07, 6.45) is 6.19. The predicted molar refractivity (Wildman–Crippen MR) is 146 cm³/mol. The molecule has 0 fully saturated rings. The van der Waals surface area contributed by atoms with Crippen molar-refractivity contribution < 1.29 is 0 Å². The molecule has 37 heavy (non-hydrogen) atoms. The number of para-hydroxylation sites is 1. The van der Waals surface area contributed by atoms with Crippen molar-refractivity contribution in [2.24, 2.45) is 12.5 Å². The second kappa shape index (κ2) is 9.73. The average Bonchev–Trinajstić information content (AvgIpc) is 3.53. The van der Waals surface area contributed by atoms with Crippen LogP contribution in [0.4, 0.5) is 0 Å². The Morgan fingerprint density at radius 1 is 0.811 bits per heavy atom. The van der Waals surface area contributed by atoms with Crippen molar-refractivity contribution in [1.82, 2.24) is 34.5 Å². The second-order valence-corrected chi connectivity index (χ2v) is 10.5. The maximum absolute atomic E-state index is 4.85. The quantitative estimate of drug-likeness (QED) is 0.274. The summed E-state index contributed by atoms with van der Waals surface area (Å²) in [5.74, 6) is 1.91. The number of aromatic nitrogens is 7. The highest BCUT2D eigenvalue weighted by atomic mass is 15.3. The summed E-state index contributed by atoms with van der Waals surface area (Å²) in [6.45, 7) is 11.1. The maximum atomic E-state index is 4.85. The molecule has 0 aliphatic rings. The molecule has 0 saturated carbocycles. The first-order chi connectivity index (χ1) is 17.8. The molecule has 5 rings (SSSR count). The highest BCUT2D eigenvalue weighted by molar-refractivity contribution is 5.64. The fourth-order valence-electron chi connectivity index (χ4n) is 5.16. The standard InChI is InChI=1S/C30H33N7/c1-20-11-9-12-21(2)27(20)37-19-33-35-29(37)25-15-10-16-31-26(25)17-30(4,5)22(3)23-13-7-8-14-24(23)28-34-32-18-36(28)6/h7-16,18-19,22H,17H2,1-6H3/t22-/m0/s1. The number of benzene rings is 2. The molecule has 188 valence electrons. The molecule has 0 N–H and O–H groups in total. The smallest absolute Gasteiger partial charge is 0.170 e. The Bertz CT molecular complexity index is 1520. The van der Waals surface area contributed by atoms with Gasteiger partial charge in [-0.1, -0.05) is 63.2 Å². The number of nitrogens with zero attached hydrogens (tertiary/aromatic N) is 7. The van der Waals surface area contributed by atoms with E-state index in [1.54, 1.807) is 12.7 Å². The van der Waals surface area contributed by atoms with Crippen molar-refractivity contribution in [3.63, 3.8) is 0 Å². The highest BCUT2D eigenvalue weighted by Gasteiger charge is 2.32. The number of pyridine rings is 1. The highest BCUT2D eigenvalue weighted by Crippen LogP contribution is 2.42. The fourth-order valence-corrected chi connectivity index (χ4v) is 5.16. The molecule has 2 aromatic carbocycles. The van der Waals surface area contributed by atoms with E-state index in [9.17, 15) is 0 Å². The molecule has 3 aromatic heterocycles. The molecule has 0 aliphatic heterocycles. The molecule has 3 heterocycles. The Hall–Kier alpha value is -4.13. The molecule has 7 heteroatoms. The van der Waals surface area contributed by atoms with Crippen LogP contribution >= 0.6 is 0 Å². The summed E-state index contributed by atoms with van der Waals surface area (Å²) in [6, 6.07) is 18.9. The van der Waals surface area contributed by atoms with Crippen molar-refractivity contribution in [2.45, 2.75) is 47.0 Å². The van der Waals surface area contributed by atoms with Crippen molar-refractivity contribution in [2.75, 3.05) is 0 Å². The fraction of sp³-hybridized carbons (Fsp3) is 0.300. The van der Waals surface area contributed by atoms with Gasteiger partial charge in [-0.05, 0) is 60.4 Å². The third-order valence-electron chi connectivity index (χ3n) is 7.53. The zero-order chi connectivity index (χ0) is 26.2. The third kappa shape index (κ3) is 4.57. The van der Waals surface area contributed by atoms with Gasteiger partial charge in [-0.25, -0.2) is 0 Å². The van der Waals surface area contributed by atoms with Crippen LogP contribution in [0.25, 0.3) is 28.5 Å². The van der Waals surface area contributed by atoms with Crippen molar-refractivity contribution in [3.05, 3.63) is 95.8 Å². The molecule has 0 unspecified atom stereocenters.